The minimum atomic E-state index is 0.248. The Hall–Kier alpha value is -1.46. The van der Waals surface area contributed by atoms with E-state index in [0.29, 0.717) is 6.54 Å². The molecule has 3 rings (SSSR count). The molecule has 0 unspecified atom stereocenters. The largest absolute Gasteiger partial charge is 0.497 e. The van der Waals surface area contributed by atoms with Crippen LogP contribution in [0.1, 0.15) is 16.1 Å². The van der Waals surface area contributed by atoms with Gasteiger partial charge >= 0.3 is 0 Å². The number of Topliss-reactive ketones (excluding diaryl/α,β-unsaturated/α-hetero) is 1. The predicted octanol–water partition coefficient (Wildman–Crippen LogP) is 1.31. The highest BCUT2D eigenvalue weighted by molar-refractivity contribution is 7.99. The second-order valence-corrected chi connectivity index (χ2v) is 7.09. The molecule has 0 bridgehead atoms. The third-order valence-corrected chi connectivity index (χ3v) is 5.57. The number of methoxy groups -OCH3 is 1. The van der Waals surface area contributed by atoms with Gasteiger partial charge in [-0.2, -0.15) is 11.8 Å². The smallest absolute Gasteiger partial charge is 0.219 e. The maximum Gasteiger partial charge on any atom is 0.219 e. The zero-order valence-electron chi connectivity index (χ0n) is 13.4. The molecule has 1 saturated heterocycles. The number of hydrogen-bond donors (Lipinski definition) is 1. The summed E-state index contributed by atoms with van der Waals surface area (Å²) in [5.74, 6) is 3.36. The predicted molar refractivity (Wildman–Crippen MR) is 91.4 cm³/mol. The van der Waals surface area contributed by atoms with Gasteiger partial charge in [-0.1, -0.05) is 0 Å². The van der Waals surface area contributed by atoms with Crippen molar-refractivity contribution in [2.75, 3.05) is 38.2 Å². The number of ether oxygens (including phenoxy) is 1. The minimum Gasteiger partial charge on any atom is -0.497 e. The summed E-state index contributed by atoms with van der Waals surface area (Å²) in [5, 5.41) is 1.01. The Morgan fingerprint density at radius 2 is 2.09 bits per heavy atom. The molecule has 2 aromatic rings. The van der Waals surface area contributed by atoms with Crippen molar-refractivity contribution in [2.45, 2.75) is 6.92 Å². The maximum atomic E-state index is 12.9. The Morgan fingerprint density at radius 1 is 1.36 bits per heavy atom. The summed E-state index contributed by atoms with van der Waals surface area (Å²) in [6, 6.07) is 5.96. The quantitative estimate of drug-likeness (QED) is 0.863. The molecule has 0 amide bonds. The summed E-state index contributed by atoms with van der Waals surface area (Å²) >= 11 is 1.98. The molecule has 118 valence electrons. The average Bonchev–Trinajstić information content (AvgIpc) is 2.79. The van der Waals surface area contributed by atoms with Crippen molar-refractivity contribution in [1.82, 2.24) is 4.57 Å². The monoisotopic (exact) mass is 319 g/mol. The number of carbonyl (C=O) groups is 1. The molecule has 0 atom stereocenters. The second kappa shape index (κ2) is 6.34. The third-order valence-electron chi connectivity index (χ3n) is 4.59. The standard InChI is InChI=1S/C17H22N2O2S/c1-12-17(16(20)11-19-6-8-22-9-7-19)14-10-13(21-3)4-5-15(14)18(12)2/h4-5,10H,6-9,11H2,1-3H3/p+1. The summed E-state index contributed by atoms with van der Waals surface area (Å²) in [7, 11) is 3.68. The Bertz CT molecular complexity index is 702. The number of hydrogen-bond acceptors (Lipinski definition) is 3. The van der Waals surface area contributed by atoms with Gasteiger partial charge in [0.15, 0.2) is 0 Å². The SMILES string of the molecule is COc1ccc2c(c1)c(C(=O)C[NH+]1CCSCC1)c(C)n2C. The first-order valence-corrected chi connectivity index (χ1v) is 8.85. The molecule has 1 fully saturated rings. The van der Waals surface area contributed by atoms with Crippen molar-refractivity contribution < 1.29 is 14.4 Å². The highest BCUT2D eigenvalue weighted by Crippen LogP contribution is 2.28. The van der Waals surface area contributed by atoms with E-state index in [2.05, 4.69) is 4.57 Å². The average molecular weight is 319 g/mol. The van der Waals surface area contributed by atoms with Crippen LogP contribution in [-0.4, -0.2) is 48.6 Å². The lowest BCUT2D eigenvalue weighted by Gasteiger charge is -2.22. The Morgan fingerprint density at radius 3 is 2.77 bits per heavy atom. The molecule has 1 N–H and O–H groups in total. The van der Waals surface area contributed by atoms with Crippen molar-refractivity contribution in [3.63, 3.8) is 0 Å². The number of aryl methyl sites for hydroxylation is 1. The zero-order chi connectivity index (χ0) is 15.7. The number of benzene rings is 1. The van der Waals surface area contributed by atoms with Crippen LogP contribution >= 0.6 is 11.8 Å². The van der Waals surface area contributed by atoms with Crippen molar-refractivity contribution in [3.05, 3.63) is 29.5 Å². The van der Waals surface area contributed by atoms with E-state index in [4.69, 9.17) is 4.74 Å². The highest BCUT2D eigenvalue weighted by Gasteiger charge is 2.24. The number of carbonyl (C=O) groups excluding carboxylic acids is 1. The second-order valence-electron chi connectivity index (χ2n) is 5.86. The molecule has 1 aliphatic heterocycles. The van der Waals surface area contributed by atoms with Gasteiger partial charge < -0.3 is 14.2 Å². The molecule has 22 heavy (non-hydrogen) atoms. The van der Waals surface area contributed by atoms with Gasteiger partial charge in [-0.25, -0.2) is 0 Å². The molecule has 4 nitrogen and oxygen atoms in total. The summed E-state index contributed by atoms with van der Waals surface area (Å²) in [6.07, 6.45) is 0. The van der Waals surface area contributed by atoms with Gasteiger partial charge in [0.2, 0.25) is 5.78 Å². The van der Waals surface area contributed by atoms with Crippen LogP contribution in [-0.2, 0) is 7.05 Å². The van der Waals surface area contributed by atoms with Gasteiger partial charge in [-0.05, 0) is 25.1 Å². The number of ketones is 1. The molecule has 1 aromatic carbocycles. The molecule has 1 aromatic heterocycles. The van der Waals surface area contributed by atoms with E-state index in [1.54, 1.807) is 7.11 Å². The first-order chi connectivity index (χ1) is 10.6. The van der Waals surface area contributed by atoms with Crippen molar-refractivity contribution >= 4 is 28.4 Å². The number of nitrogens with one attached hydrogen (secondary N) is 1. The Kier molecular flexibility index (Phi) is 4.45. The maximum absolute atomic E-state index is 12.9. The van der Waals surface area contributed by atoms with Crippen LogP contribution in [0.4, 0.5) is 0 Å². The fourth-order valence-electron chi connectivity index (χ4n) is 3.18. The van der Waals surface area contributed by atoms with Gasteiger partial charge in [-0.15, -0.1) is 0 Å². The van der Waals surface area contributed by atoms with E-state index < -0.39 is 0 Å². The fraction of sp³-hybridized carbons (Fsp3) is 0.471. The van der Waals surface area contributed by atoms with Gasteiger partial charge in [-0.3, -0.25) is 4.79 Å². The molecule has 2 heterocycles. The molecule has 0 saturated carbocycles. The summed E-state index contributed by atoms with van der Waals surface area (Å²) < 4.78 is 7.43. The van der Waals surface area contributed by atoms with Gasteiger partial charge in [0.1, 0.15) is 12.3 Å². The number of rotatable bonds is 4. The summed E-state index contributed by atoms with van der Waals surface area (Å²) in [5.41, 5.74) is 2.99. The lowest BCUT2D eigenvalue weighted by atomic mass is 10.1. The van der Waals surface area contributed by atoms with Crippen molar-refractivity contribution in [1.29, 1.82) is 0 Å². The number of fused-ring (bicyclic) bond motifs is 1. The third kappa shape index (κ3) is 2.75. The fourth-order valence-corrected chi connectivity index (χ4v) is 4.25. The minimum absolute atomic E-state index is 0.248. The van der Waals surface area contributed by atoms with Gasteiger partial charge in [0.05, 0.1) is 25.8 Å². The van der Waals surface area contributed by atoms with Crippen LogP contribution in [0.5, 0.6) is 5.75 Å². The number of quaternary nitrogens is 1. The van der Waals surface area contributed by atoms with Gasteiger partial charge in [0, 0.05) is 35.2 Å². The van der Waals surface area contributed by atoms with E-state index >= 15 is 0 Å². The Balaban J connectivity index is 1.97. The molecular weight excluding hydrogens is 296 g/mol. The number of aromatic nitrogens is 1. The summed E-state index contributed by atoms with van der Waals surface area (Å²) in [6.45, 7) is 4.80. The zero-order valence-corrected chi connectivity index (χ0v) is 14.3. The Labute approximate surface area is 135 Å². The topological polar surface area (TPSA) is 35.7 Å². The molecule has 5 heteroatoms. The highest BCUT2D eigenvalue weighted by atomic mass is 32.2. The lowest BCUT2D eigenvalue weighted by Crippen LogP contribution is -3.14. The van der Waals surface area contributed by atoms with Crippen LogP contribution in [0, 0.1) is 6.92 Å². The normalized spacial score (nSPS) is 16.1. The number of nitrogens with zero attached hydrogens (tertiary/aromatic N) is 1. The molecule has 1 aliphatic rings. The van der Waals surface area contributed by atoms with E-state index in [-0.39, 0.29) is 5.78 Å². The van der Waals surface area contributed by atoms with Crippen LogP contribution in [0.15, 0.2) is 18.2 Å². The first-order valence-electron chi connectivity index (χ1n) is 7.69. The molecule has 0 spiro atoms. The van der Waals surface area contributed by atoms with E-state index in [1.165, 1.54) is 4.90 Å². The number of thioether (sulfide) groups is 1. The van der Waals surface area contributed by atoms with Crippen LogP contribution in [0.2, 0.25) is 0 Å². The molecule has 0 aliphatic carbocycles. The van der Waals surface area contributed by atoms with E-state index in [0.717, 1.165) is 52.5 Å². The molecule has 0 radical (unpaired) electrons. The van der Waals surface area contributed by atoms with Crippen LogP contribution in [0.3, 0.4) is 0 Å². The van der Waals surface area contributed by atoms with Crippen LogP contribution < -0.4 is 9.64 Å². The van der Waals surface area contributed by atoms with E-state index in [9.17, 15) is 4.79 Å². The lowest BCUT2D eigenvalue weighted by molar-refractivity contribution is -0.887. The molecular formula is C17H23N2O2S+. The summed E-state index contributed by atoms with van der Waals surface area (Å²) in [4.78, 5) is 14.3. The van der Waals surface area contributed by atoms with E-state index in [1.807, 2.05) is 43.9 Å². The van der Waals surface area contributed by atoms with Crippen molar-refractivity contribution in [3.8, 4) is 5.75 Å². The first kappa shape index (κ1) is 15.4. The van der Waals surface area contributed by atoms with Gasteiger partial charge in [0.25, 0.3) is 0 Å². The van der Waals surface area contributed by atoms with Crippen LogP contribution in [0.25, 0.3) is 10.9 Å². The van der Waals surface area contributed by atoms with Crippen molar-refractivity contribution in [2.24, 2.45) is 7.05 Å².